The molecule has 1 atom stereocenters. The number of carbonyl (C=O) groups excluding carboxylic acids is 2. The smallest absolute Gasteiger partial charge is 0.247 e. The average Bonchev–Trinajstić information content (AvgIpc) is 2.97. The normalized spacial score (nSPS) is 12.1. The van der Waals surface area contributed by atoms with Gasteiger partial charge in [0.25, 0.3) is 0 Å². The summed E-state index contributed by atoms with van der Waals surface area (Å²) >= 11 is 6.10. The van der Waals surface area contributed by atoms with Crippen molar-refractivity contribution in [1.29, 1.82) is 0 Å². The van der Waals surface area contributed by atoms with Crippen LogP contribution >= 0.6 is 11.6 Å². The van der Waals surface area contributed by atoms with Crippen molar-refractivity contribution in [3.8, 4) is 0 Å². The fraction of sp³-hybridized carbons (Fsp3) is 0.188. The Morgan fingerprint density at radius 1 is 0.732 bits per heavy atom. The lowest BCUT2D eigenvalue weighted by atomic mass is 10.0. The zero-order chi connectivity index (χ0) is 29.2. The minimum atomic E-state index is -3.76. The number of carbonyl (C=O) groups is 2. The van der Waals surface area contributed by atoms with Crippen LogP contribution in [0.5, 0.6) is 0 Å². The molecule has 2 amide bonds. The van der Waals surface area contributed by atoms with E-state index in [0.717, 1.165) is 27.3 Å². The van der Waals surface area contributed by atoms with Gasteiger partial charge in [0.05, 0.1) is 12.8 Å². The van der Waals surface area contributed by atoms with Crippen molar-refractivity contribution in [1.82, 2.24) is 14.5 Å². The number of rotatable bonds is 12. The van der Waals surface area contributed by atoms with Crippen LogP contribution in [0.3, 0.4) is 0 Å². The molecule has 7 nitrogen and oxygen atoms in total. The number of hydrogen-bond acceptors (Lipinski definition) is 4. The van der Waals surface area contributed by atoms with Gasteiger partial charge in [-0.2, -0.15) is 4.31 Å². The first kappa shape index (κ1) is 30.0. The number of hydrogen-bond donors (Lipinski definition) is 1. The molecule has 4 aromatic carbocycles. The minimum Gasteiger partial charge on any atom is -0.350 e. The molecule has 0 spiro atoms. The third kappa shape index (κ3) is 8.75. The van der Waals surface area contributed by atoms with Crippen LogP contribution in [0.25, 0.3) is 0 Å². The van der Waals surface area contributed by atoms with Crippen LogP contribution in [0.15, 0.2) is 115 Å². The minimum absolute atomic E-state index is 0.0242. The summed E-state index contributed by atoms with van der Waals surface area (Å²) in [5, 5.41) is 3.51. The number of amides is 2. The second-order valence-electron chi connectivity index (χ2n) is 9.68. The van der Waals surface area contributed by atoms with E-state index in [1.807, 2.05) is 54.6 Å². The Hall–Kier alpha value is -3.98. The van der Waals surface area contributed by atoms with E-state index in [-0.39, 0.29) is 25.5 Å². The number of halogens is 1. The zero-order valence-corrected chi connectivity index (χ0v) is 24.3. The topological polar surface area (TPSA) is 86.8 Å². The lowest BCUT2D eigenvalue weighted by molar-refractivity contribution is -0.141. The molecule has 9 heteroatoms. The number of benzene rings is 4. The molecule has 0 unspecified atom stereocenters. The Labute approximate surface area is 246 Å². The van der Waals surface area contributed by atoms with E-state index in [0.29, 0.717) is 10.6 Å². The molecule has 0 aliphatic rings. The molecular weight excluding hydrogens is 558 g/mol. The van der Waals surface area contributed by atoms with Crippen molar-refractivity contribution in [2.24, 2.45) is 0 Å². The first-order valence-corrected chi connectivity index (χ1v) is 15.3. The molecule has 0 bridgehead atoms. The average molecular weight is 590 g/mol. The van der Waals surface area contributed by atoms with Crippen LogP contribution in [0.4, 0.5) is 0 Å². The van der Waals surface area contributed by atoms with Gasteiger partial charge in [0.1, 0.15) is 6.04 Å². The molecule has 1 N–H and O–H groups in total. The summed E-state index contributed by atoms with van der Waals surface area (Å²) in [5.41, 5.74) is 3.01. The summed E-state index contributed by atoms with van der Waals surface area (Å²) in [6, 6.07) is 33.5. The van der Waals surface area contributed by atoms with Crippen LogP contribution < -0.4 is 5.32 Å². The first-order chi connectivity index (χ1) is 19.7. The molecule has 0 aliphatic carbocycles. The molecule has 4 rings (SSSR count). The highest BCUT2D eigenvalue weighted by molar-refractivity contribution is 7.88. The van der Waals surface area contributed by atoms with E-state index in [4.69, 9.17) is 11.6 Å². The van der Waals surface area contributed by atoms with Crippen molar-refractivity contribution in [2.75, 3.05) is 12.8 Å². The van der Waals surface area contributed by atoms with Gasteiger partial charge < -0.3 is 10.2 Å². The maximum absolute atomic E-state index is 14.1. The number of sulfonamides is 1. The van der Waals surface area contributed by atoms with Gasteiger partial charge in [0.15, 0.2) is 0 Å². The molecule has 0 aliphatic heterocycles. The van der Waals surface area contributed by atoms with Crippen molar-refractivity contribution in [2.45, 2.75) is 25.7 Å². The van der Waals surface area contributed by atoms with Gasteiger partial charge in [0, 0.05) is 24.7 Å². The van der Waals surface area contributed by atoms with Gasteiger partial charge in [-0.05, 0) is 34.4 Å². The van der Waals surface area contributed by atoms with Gasteiger partial charge >= 0.3 is 0 Å². The van der Waals surface area contributed by atoms with Crippen LogP contribution in [0.2, 0.25) is 5.02 Å². The van der Waals surface area contributed by atoms with E-state index in [2.05, 4.69) is 5.32 Å². The maximum Gasteiger partial charge on any atom is 0.247 e. The van der Waals surface area contributed by atoms with Gasteiger partial charge in [0.2, 0.25) is 21.8 Å². The third-order valence-corrected chi connectivity index (χ3v) is 8.00. The molecule has 0 saturated carbocycles. The van der Waals surface area contributed by atoms with Crippen LogP contribution in [0.1, 0.15) is 28.3 Å². The van der Waals surface area contributed by atoms with E-state index in [9.17, 15) is 18.0 Å². The largest absolute Gasteiger partial charge is 0.350 e. The second-order valence-corrected chi connectivity index (χ2v) is 12.1. The lowest BCUT2D eigenvalue weighted by Crippen LogP contribution is -2.47. The van der Waals surface area contributed by atoms with Gasteiger partial charge in [-0.1, -0.05) is 115 Å². The zero-order valence-electron chi connectivity index (χ0n) is 22.7. The van der Waals surface area contributed by atoms with Crippen molar-refractivity contribution in [3.05, 3.63) is 143 Å². The third-order valence-electron chi connectivity index (χ3n) is 6.55. The van der Waals surface area contributed by atoms with Gasteiger partial charge in [-0.15, -0.1) is 0 Å². The van der Waals surface area contributed by atoms with E-state index in [1.165, 1.54) is 4.90 Å². The van der Waals surface area contributed by atoms with Crippen LogP contribution in [-0.4, -0.2) is 42.2 Å². The van der Waals surface area contributed by atoms with Gasteiger partial charge in [-0.3, -0.25) is 9.59 Å². The molecule has 0 saturated heterocycles. The van der Waals surface area contributed by atoms with Crippen molar-refractivity contribution < 1.29 is 18.0 Å². The monoisotopic (exact) mass is 589 g/mol. The van der Waals surface area contributed by atoms with E-state index >= 15 is 0 Å². The van der Waals surface area contributed by atoms with Crippen LogP contribution in [0, 0.1) is 0 Å². The summed E-state index contributed by atoms with van der Waals surface area (Å²) in [5.74, 6) is -0.888. The highest BCUT2D eigenvalue weighted by atomic mass is 35.5. The van der Waals surface area contributed by atoms with E-state index in [1.54, 1.807) is 60.7 Å². The van der Waals surface area contributed by atoms with Crippen LogP contribution in [-0.2, 0) is 39.2 Å². The maximum atomic E-state index is 14.1. The summed E-state index contributed by atoms with van der Waals surface area (Å²) in [4.78, 5) is 29.3. The molecule has 0 aromatic heterocycles. The number of nitrogens with zero attached hydrogens (tertiary/aromatic N) is 2. The number of nitrogens with one attached hydrogen (secondary N) is 1. The standard InChI is InChI=1S/C32H32ClN3O4S/c1-41(39,40)35(22-26-13-7-3-8-14-26)24-30(37)36(23-27-17-19-29(33)20-18-27)31(28-15-9-4-10-16-28)32(38)34-21-25-11-5-2-6-12-25/h2-20,31H,21-24H2,1H3,(H,34,38)/t31-/m0/s1. The summed E-state index contributed by atoms with van der Waals surface area (Å²) < 4.78 is 26.7. The Kier molecular flexibility index (Phi) is 10.3. The van der Waals surface area contributed by atoms with Crippen molar-refractivity contribution >= 4 is 33.4 Å². The van der Waals surface area contributed by atoms with E-state index < -0.39 is 28.5 Å². The predicted octanol–water partition coefficient (Wildman–Crippen LogP) is 5.19. The van der Waals surface area contributed by atoms with Gasteiger partial charge in [-0.25, -0.2) is 8.42 Å². The summed E-state index contributed by atoms with van der Waals surface area (Å²) in [6.07, 6.45) is 1.08. The summed E-state index contributed by atoms with van der Waals surface area (Å²) in [6.45, 7) is -0.0697. The molecule has 0 radical (unpaired) electrons. The molecule has 4 aromatic rings. The molecule has 41 heavy (non-hydrogen) atoms. The molecular formula is C32H32ClN3O4S. The Bertz CT molecular complexity index is 1530. The Balaban J connectivity index is 1.69. The highest BCUT2D eigenvalue weighted by Crippen LogP contribution is 2.25. The SMILES string of the molecule is CS(=O)(=O)N(CC(=O)N(Cc1ccc(Cl)cc1)[C@H](C(=O)NCc1ccccc1)c1ccccc1)Cc1ccccc1. The molecule has 212 valence electrons. The quantitative estimate of drug-likeness (QED) is 0.246. The first-order valence-electron chi connectivity index (χ1n) is 13.1. The Morgan fingerprint density at radius 3 is 1.80 bits per heavy atom. The fourth-order valence-electron chi connectivity index (χ4n) is 4.42. The van der Waals surface area contributed by atoms with Crippen molar-refractivity contribution in [3.63, 3.8) is 0 Å². The molecule has 0 heterocycles. The summed E-state index contributed by atoms with van der Waals surface area (Å²) in [7, 11) is -3.76. The Morgan fingerprint density at radius 2 is 1.24 bits per heavy atom. The predicted molar refractivity (Wildman–Crippen MR) is 161 cm³/mol. The lowest BCUT2D eigenvalue weighted by Gasteiger charge is -2.33. The second kappa shape index (κ2) is 14.1. The molecule has 0 fully saturated rings. The fourth-order valence-corrected chi connectivity index (χ4v) is 5.27. The highest BCUT2D eigenvalue weighted by Gasteiger charge is 2.33.